The second kappa shape index (κ2) is 8.72. The monoisotopic (exact) mass is 389 g/mol. The van der Waals surface area contributed by atoms with Crippen molar-refractivity contribution in [1.29, 1.82) is 0 Å². The van der Waals surface area contributed by atoms with Gasteiger partial charge in [-0.25, -0.2) is 0 Å². The molecule has 5 heteroatoms. The van der Waals surface area contributed by atoms with E-state index in [1.54, 1.807) is 36.8 Å². The summed E-state index contributed by atoms with van der Waals surface area (Å²) in [7, 11) is 0. The van der Waals surface area contributed by atoms with Crippen LogP contribution in [0.1, 0.15) is 24.5 Å². The molecule has 3 aliphatic rings. The van der Waals surface area contributed by atoms with E-state index in [1.807, 2.05) is 24.3 Å². The van der Waals surface area contributed by atoms with Crippen molar-refractivity contribution in [2.45, 2.75) is 25.0 Å². The molecule has 5 heterocycles. The fourth-order valence-electron chi connectivity index (χ4n) is 4.64. The lowest BCUT2D eigenvalue weighted by atomic mass is 9.73. The Balaban J connectivity index is 0.000000294. The second-order valence-corrected chi connectivity index (χ2v) is 7.82. The van der Waals surface area contributed by atoms with Crippen LogP contribution in [0.5, 0.6) is 5.75 Å². The highest BCUT2D eigenvalue weighted by atomic mass is 16.3. The molecule has 6 rings (SSSR count). The van der Waals surface area contributed by atoms with E-state index in [1.165, 1.54) is 6.42 Å². The van der Waals surface area contributed by atoms with Gasteiger partial charge in [0.05, 0.1) is 11.6 Å². The molecule has 150 valence electrons. The number of piperidine rings is 3. The van der Waals surface area contributed by atoms with Gasteiger partial charge in [-0.2, -0.15) is 0 Å². The minimum Gasteiger partial charge on any atom is -0.508 e. The Hall–Kier alpha value is -2.76. The van der Waals surface area contributed by atoms with Crippen molar-refractivity contribution in [3.63, 3.8) is 0 Å². The summed E-state index contributed by atoms with van der Waals surface area (Å²) in [6.45, 7) is 5.99. The zero-order valence-electron chi connectivity index (χ0n) is 16.4. The van der Waals surface area contributed by atoms with Crippen molar-refractivity contribution in [3.05, 3.63) is 79.3 Å². The summed E-state index contributed by atoms with van der Waals surface area (Å²) in [4.78, 5) is 10.5. The van der Waals surface area contributed by atoms with E-state index in [0.29, 0.717) is 11.8 Å². The van der Waals surface area contributed by atoms with Gasteiger partial charge in [0.1, 0.15) is 5.75 Å². The molecule has 2 N–H and O–H groups in total. The zero-order valence-corrected chi connectivity index (χ0v) is 16.4. The molecule has 3 fully saturated rings. The largest absolute Gasteiger partial charge is 0.508 e. The molecule has 5 nitrogen and oxygen atoms in total. The number of aliphatic hydroxyl groups is 1. The molecule has 3 aromatic rings. The van der Waals surface area contributed by atoms with Gasteiger partial charge in [0, 0.05) is 36.6 Å². The van der Waals surface area contributed by atoms with Crippen LogP contribution in [-0.2, 0) is 0 Å². The molecular weight excluding hydrogens is 362 g/mol. The Kier molecular flexibility index (Phi) is 5.88. The maximum absolute atomic E-state index is 11.0. The van der Waals surface area contributed by atoms with Crippen LogP contribution in [0.4, 0.5) is 0 Å². The first-order valence-electron chi connectivity index (χ1n) is 10.1. The molecular formula is C24H27N3O2. The van der Waals surface area contributed by atoms with Crippen molar-refractivity contribution in [2.75, 3.05) is 13.1 Å². The van der Waals surface area contributed by atoms with Gasteiger partial charge in [0.25, 0.3) is 0 Å². The molecule has 0 spiro atoms. The summed E-state index contributed by atoms with van der Waals surface area (Å²) in [6, 6.07) is 12.9. The number of fused-ring (bicyclic) bond motifs is 4. The molecule has 0 aliphatic carbocycles. The Labute approximate surface area is 171 Å². The van der Waals surface area contributed by atoms with Gasteiger partial charge in [-0.1, -0.05) is 12.1 Å². The lowest BCUT2D eigenvalue weighted by molar-refractivity contribution is -0.0444. The maximum Gasteiger partial charge on any atom is 0.116 e. The van der Waals surface area contributed by atoms with E-state index < -0.39 is 6.10 Å². The van der Waals surface area contributed by atoms with E-state index in [0.717, 1.165) is 36.0 Å². The van der Waals surface area contributed by atoms with Crippen LogP contribution in [0.25, 0.3) is 10.9 Å². The molecule has 0 unspecified atom stereocenters. The van der Waals surface area contributed by atoms with Crippen molar-refractivity contribution < 1.29 is 10.2 Å². The minimum atomic E-state index is -0.559. The van der Waals surface area contributed by atoms with E-state index in [-0.39, 0.29) is 11.8 Å². The van der Waals surface area contributed by atoms with Crippen molar-refractivity contribution in [2.24, 2.45) is 11.8 Å². The number of phenolic OH excluding ortho intramolecular Hbond substituents is 1. The number of aromatic nitrogens is 2. The summed E-state index contributed by atoms with van der Waals surface area (Å²) in [6.07, 6.45) is 8.94. The number of aliphatic hydroxyl groups excluding tert-OH is 1. The van der Waals surface area contributed by atoms with E-state index in [4.69, 9.17) is 0 Å². The van der Waals surface area contributed by atoms with E-state index in [9.17, 15) is 10.2 Å². The molecule has 5 atom stereocenters. The topological polar surface area (TPSA) is 69.5 Å². The number of hydrogen-bond acceptors (Lipinski definition) is 5. The fourth-order valence-corrected chi connectivity index (χ4v) is 4.64. The number of nitrogens with zero attached hydrogens (tertiary/aromatic N) is 3. The average molecular weight is 389 g/mol. The first kappa shape index (κ1) is 19.6. The van der Waals surface area contributed by atoms with Crippen molar-refractivity contribution >= 4 is 10.9 Å². The SMILES string of the molecule is C=C[C@H]1C[N@]2CC[C@H]1C[C@H]2[C@H](O)c1ccnc2ccc(O)cc12.c1ccncc1. The van der Waals surface area contributed by atoms with Gasteiger partial charge in [0.2, 0.25) is 0 Å². The van der Waals surface area contributed by atoms with Crippen LogP contribution < -0.4 is 0 Å². The molecule has 3 saturated heterocycles. The Morgan fingerprint density at radius 3 is 2.59 bits per heavy atom. The first-order chi connectivity index (χ1) is 14.2. The van der Waals surface area contributed by atoms with Gasteiger partial charge in [-0.05, 0) is 73.2 Å². The molecule has 2 bridgehead atoms. The van der Waals surface area contributed by atoms with E-state index in [2.05, 4.69) is 27.5 Å². The molecule has 29 heavy (non-hydrogen) atoms. The third-order valence-corrected chi connectivity index (χ3v) is 6.16. The van der Waals surface area contributed by atoms with Crippen LogP contribution >= 0.6 is 0 Å². The Morgan fingerprint density at radius 2 is 1.97 bits per heavy atom. The van der Waals surface area contributed by atoms with E-state index >= 15 is 0 Å². The lowest BCUT2D eigenvalue weighted by Crippen LogP contribution is -2.54. The quantitative estimate of drug-likeness (QED) is 0.664. The summed E-state index contributed by atoms with van der Waals surface area (Å²) < 4.78 is 0. The second-order valence-electron chi connectivity index (χ2n) is 7.82. The van der Waals surface area contributed by atoms with Gasteiger partial charge >= 0.3 is 0 Å². The molecule has 3 aliphatic heterocycles. The van der Waals surface area contributed by atoms with Crippen LogP contribution in [-0.4, -0.2) is 44.2 Å². The van der Waals surface area contributed by atoms with Crippen molar-refractivity contribution in [3.8, 4) is 5.75 Å². The molecule has 1 aromatic carbocycles. The van der Waals surface area contributed by atoms with Gasteiger partial charge in [-0.3, -0.25) is 14.9 Å². The van der Waals surface area contributed by atoms with Crippen LogP contribution in [0.2, 0.25) is 0 Å². The number of phenols is 1. The predicted octanol–water partition coefficient (Wildman–Crippen LogP) is 3.95. The van der Waals surface area contributed by atoms with Gasteiger partial charge in [-0.15, -0.1) is 6.58 Å². The number of aromatic hydroxyl groups is 1. The first-order valence-corrected chi connectivity index (χ1v) is 10.1. The van der Waals surface area contributed by atoms with Crippen LogP contribution in [0.15, 0.2) is 73.7 Å². The lowest BCUT2D eigenvalue weighted by Gasteiger charge is -2.50. The van der Waals surface area contributed by atoms with Gasteiger partial charge < -0.3 is 10.2 Å². The van der Waals surface area contributed by atoms with Gasteiger partial charge in [0.15, 0.2) is 0 Å². The highest BCUT2D eigenvalue weighted by molar-refractivity contribution is 5.83. The third-order valence-electron chi connectivity index (χ3n) is 6.16. The van der Waals surface area contributed by atoms with Crippen LogP contribution in [0.3, 0.4) is 0 Å². The summed E-state index contributed by atoms with van der Waals surface area (Å²) >= 11 is 0. The predicted molar refractivity (Wildman–Crippen MR) is 114 cm³/mol. The molecule has 0 amide bonds. The maximum atomic E-state index is 11.0. The molecule has 0 radical (unpaired) electrons. The average Bonchev–Trinajstić information content (AvgIpc) is 2.80. The summed E-state index contributed by atoms with van der Waals surface area (Å²) in [5.41, 5.74) is 1.66. The number of rotatable bonds is 3. The molecule has 0 saturated carbocycles. The normalized spacial score (nSPS) is 26.4. The number of hydrogen-bond donors (Lipinski definition) is 2. The zero-order chi connectivity index (χ0) is 20.2. The standard InChI is InChI=1S/C19H22N2O2.C5H5N/c1-2-12-11-21-8-6-13(12)9-18(21)19(23)15-5-7-20-17-4-3-14(22)10-16(15)17;1-2-4-6-5-3-1/h2-5,7,10,12-13,18-19,22-23H,1,6,8-9,11H2;1-5H/t12-,13-,18-,19+;/m0./s1. The summed E-state index contributed by atoms with van der Waals surface area (Å²) in [5, 5.41) is 21.7. The highest BCUT2D eigenvalue weighted by Gasteiger charge is 2.42. The third kappa shape index (κ3) is 4.16. The van der Waals surface area contributed by atoms with Crippen LogP contribution in [0, 0.1) is 11.8 Å². The highest BCUT2D eigenvalue weighted by Crippen LogP contribution is 2.42. The minimum absolute atomic E-state index is 0.137. The fraction of sp³-hybridized carbons (Fsp3) is 0.333. The van der Waals surface area contributed by atoms with Crippen molar-refractivity contribution in [1.82, 2.24) is 14.9 Å². The number of pyridine rings is 2. The summed E-state index contributed by atoms with van der Waals surface area (Å²) in [5.74, 6) is 1.38. The number of benzene rings is 1. The molecule has 2 aromatic heterocycles. The Morgan fingerprint density at radius 1 is 1.14 bits per heavy atom. The smallest absolute Gasteiger partial charge is 0.116 e. The Bertz CT molecular complexity index is 936.